The summed E-state index contributed by atoms with van der Waals surface area (Å²) in [6.45, 7) is 5.22. The average Bonchev–Trinajstić information content (AvgIpc) is 3.16. The smallest absolute Gasteiger partial charge is 0.303 e. The Labute approximate surface area is 164 Å². The number of hydrogen-bond acceptors (Lipinski definition) is 5. The number of nitrogens with zero attached hydrogens (tertiary/aromatic N) is 5. The molecule has 0 spiro atoms. The summed E-state index contributed by atoms with van der Waals surface area (Å²) in [6, 6.07) is 9.03. The third-order valence-electron chi connectivity index (χ3n) is 5.19. The van der Waals surface area contributed by atoms with E-state index in [4.69, 9.17) is 5.11 Å². The molecular formula is C20H27N5O3. The van der Waals surface area contributed by atoms with Crippen LogP contribution >= 0.6 is 0 Å². The second-order valence-corrected chi connectivity index (χ2v) is 7.71. The molecule has 28 heavy (non-hydrogen) atoms. The maximum absolute atomic E-state index is 13.3. The number of carboxylic acids is 1. The van der Waals surface area contributed by atoms with Crippen LogP contribution in [0.5, 0.6) is 0 Å². The molecule has 2 aromatic rings. The van der Waals surface area contributed by atoms with Crippen LogP contribution < -0.4 is 0 Å². The molecule has 1 N–H and O–H groups in total. The van der Waals surface area contributed by atoms with Gasteiger partial charge in [0.05, 0.1) is 0 Å². The number of hydrogen-bond donors (Lipinski definition) is 1. The largest absolute Gasteiger partial charge is 0.481 e. The van der Waals surface area contributed by atoms with Gasteiger partial charge >= 0.3 is 5.97 Å². The number of amides is 1. The molecule has 0 saturated carbocycles. The molecule has 8 heteroatoms. The SMILES string of the molecule is CC(C)C(C(=O)N1CCCC(CCC(=O)O)C1)n1nnc(-c2ccccc2)n1. The minimum atomic E-state index is -0.788. The van der Waals surface area contributed by atoms with Crippen molar-refractivity contribution in [1.82, 2.24) is 25.1 Å². The number of benzene rings is 1. The molecule has 2 atom stereocenters. The molecule has 0 bridgehead atoms. The first kappa shape index (κ1) is 20.0. The molecule has 8 nitrogen and oxygen atoms in total. The summed E-state index contributed by atoms with van der Waals surface area (Å²) in [7, 11) is 0. The van der Waals surface area contributed by atoms with E-state index in [9.17, 15) is 9.59 Å². The van der Waals surface area contributed by atoms with Crippen LogP contribution in [0.4, 0.5) is 0 Å². The molecule has 1 saturated heterocycles. The van der Waals surface area contributed by atoms with Crippen molar-refractivity contribution in [3.05, 3.63) is 30.3 Å². The zero-order valence-corrected chi connectivity index (χ0v) is 16.4. The van der Waals surface area contributed by atoms with Crippen molar-refractivity contribution in [3.63, 3.8) is 0 Å². The van der Waals surface area contributed by atoms with Crippen LogP contribution in [0.25, 0.3) is 11.4 Å². The first-order valence-corrected chi connectivity index (χ1v) is 9.81. The summed E-state index contributed by atoms with van der Waals surface area (Å²) < 4.78 is 0. The van der Waals surface area contributed by atoms with Crippen molar-refractivity contribution < 1.29 is 14.7 Å². The monoisotopic (exact) mass is 385 g/mol. The van der Waals surface area contributed by atoms with Crippen molar-refractivity contribution >= 4 is 11.9 Å². The number of aromatic nitrogens is 4. The lowest BCUT2D eigenvalue weighted by molar-refractivity contribution is -0.139. The number of tetrazole rings is 1. The fourth-order valence-corrected chi connectivity index (χ4v) is 3.71. The molecule has 1 aliphatic heterocycles. The predicted octanol–water partition coefficient (Wildman–Crippen LogP) is 2.64. The van der Waals surface area contributed by atoms with Gasteiger partial charge in [0.2, 0.25) is 11.7 Å². The maximum Gasteiger partial charge on any atom is 0.303 e. The van der Waals surface area contributed by atoms with Gasteiger partial charge in [0.15, 0.2) is 6.04 Å². The van der Waals surface area contributed by atoms with Gasteiger partial charge in [0.1, 0.15) is 0 Å². The van der Waals surface area contributed by atoms with Gasteiger partial charge in [-0.05, 0) is 36.3 Å². The Balaban J connectivity index is 1.74. The third kappa shape index (κ3) is 4.74. The standard InChI is InChI=1S/C20H27N5O3/c1-14(2)18(25-22-19(21-23-25)16-8-4-3-5-9-16)20(28)24-12-6-7-15(13-24)10-11-17(26)27/h3-5,8-9,14-15,18H,6-7,10-13H2,1-2H3,(H,26,27). The van der Waals surface area contributed by atoms with E-state index in [0.29, 0.717) is 25.3 Å². The Hall–Kier alpha value is -2.77. The molecule has 1 aromatic carbocycles. The fraction of sp³-hybridized carbons (Fsp3) is 0.550. The highest BCUT2D eigenvalue weighted by Gasteiger charge is 2.33. The normalized spacial score (nSPS) is 18.2. The second kappa shape index (κ2) is 8.95. The third-order valence-corrected chi connectivity index (χ3v) is 5.19. The van der Waals surface area contributed by atoms with Crippen LogP contribution in [0.15, 0.2) is 30.3 Å². The van der Waals surface area contributed by atoms with Gasteiger partial charge in [0.25, 0.3) is 0 Å². The number of carbonyl (C=O) groups excluding carboxylic acids is 1. The molecule has 3 rings (SSSR count). The first-order chi connectivity index (χ1) is 13.5. The van der Waals surface area contributed by atoms with E-state index in [0.717, 1.165) is 18.4 Å². The number of piperidine rings is 1. The van der Waals surface area contributed by atoms with Crippen molar-refractivity contribution in [2.45, 2.75) is 45.6 Å². The molecule has 2 heterocycles. The Morgan fingerprint density at radius 3 is 2.68 bits per heavy atom. The lowest BCUT2D eigenvalue weighted by atomic mass is 9.92. The lowest BCUT2D eigenvalue weighted by Crippen LogP contribution is -2.45. The Morgan fingerprint density at radius 2 is 2.00 bits per heavy atom. The molecule has 2 unspecified atom stereocenters. The van der Waals surface area contributed by atoms with Gasteiger partial charge < -0.3 is 10.0 Å². The van der Waals surface area contributed by atoms with Gasteiger partial charge in [0, 0.05) is 25.1 Å². The van der Waals surface area contributed by atoms with Crippen molar-refractivity contribution in [1.29, 1.82) is 0 Å². The van der Waals surface area contributed by atoms with E-state index in [1.807, 2.05) is 49.1 Å². The molecule has 150 valence electrons. The maximum atomic E-state index is 13.3. The van der Waals surface area contributed by atoms with E-state index in [1.54, 1.807) is 0 Å². The molecule has 1 amide bonds. The highest BCUT2D eigenvalue weighted by Crippen LogP contribution is 2.26. The summed E-state index contributed by atoms with van der Waals surface area (Å²) in [5, 5.41) is 21.7. The first-order valence-electron chi connectivity index (χ1n) is 9.81. The van der Waals surface area contributed by atoms with Gasteiger partial charge in [-0.2, -0.15) is 4.80 Å². The highest BCUT2D eigenvalue weighted by atomic mass is 16.4. The topological polar surface area (TPSA) is 101 Å². The second-order valence-electron chi connectivity index (χ2n) is 7.71. The molecule has 1 aliphatic rings. The molecular weight excluding hydrogens is 358 g/mol. The number of aliphatic carboxylic acids is 1. The average molecular weight is 385 g/mol. The quantitative estimate of drug-likeness (QED) is 0.786. The number of likely N-dealkylation sites (tertiary alicyclic amines) is 1. The van der Waals surface area contributed by atoms with Crippen LogP contribution in [0.1, 0.15) is 45.6 Å². The van der Waals surface area contributed by atoms with E-state index in [1.165, 1.54) is 4.80 Å². The minimum Gasteiger partial charge on any atom is -0.481 e. The molecule has 0 radical (unpaired) electrons. The van der Waals surface area contributed by atoms with Gasteiger partial charge in [-0.3, -0.25) is 9.59 Å². The van der Waals surface area contributed by atoms with Gasteiger partial charge in [-0.25, -0.2) is 0 Å². The van der Waals surface area contributed by atoms with Crippen LogP contribution in [0, 0.1) is 11.8 Å². The molecule has 0 aliphatic carbocycles. The van der Waals surface area contributed by atoms with E-state index in [-0.39, 0.29) is 24.2 Å². The van der Waals surface area contributed by atoms with E-state index >= 15 is 0 Å². The van der Waals surface area contributed by atoms with Gasteiger partial charge in [-0.15, -0.1) is 10.2 Å². The van der Waals surface area contributed by atoms with Crippen LogP contribution in [-0.2, 0) is 9.59 Å². The minimum absolute atomic E-state index is 0.00437. The molecule has 1 aromatic heterocycles. The summed E-state index contributed by atoms with van der Waals surface area (Å²) in [6.07, 6.45) is 2.60. The van der Waals surface area contributed by atoms with Crippen molar-refractivity contribution in [2.75, 3.05) is 13.1 Å². The van der Waals surface area contributed by atoms with Crippen molar-refractivity contribution in [2.24, 2.45) is 11.8 Å². The Kier molecular flexibility index (Phi) is 6.38. The number of carbonyl (C=O) groups is 2. The highest BCUT2D eigenvalue weighted by molar-refractivity contribution is 5.80. The van der Waals surface area contributed by atoms with Crippen LogP contribution in [0.2, 0.25) is 0 Å². The van der Waals surface area contributed by atoms with Crippen molar-refractivity contribution in [3.8, 4) is 11.4 Å². The Bertz CT molecular complexity index is 805. The zero-order chi connectivity index (χ0) is 20.1. The number of carboxylic acid groups (broad SMARTS) is 1. The molecule has 1 fully saturated rings. The zero-order valence-electron chi connectivity index (χ0n) is 16.4. The van der Waals surface area contributed by atoms with E-state index in [2.05, 4.69) is 15.4 Å². The number of rotatable bonds is 7. The van der Waals surface area contributed by atoms with Crippen LogP contribution in [-0.4, -0.2) is 55.2 Å². The predicted molar refractivity (Wildman–Crippen MR) is 103 cm³/mol. The van der Waals surface area contributed by atoms with E-state index < -0.39 is 12.0 Å². The summed E-state index contributed by atoms with van der Waals surface area (Å²) >= 11 is 0. The summed E-state index contributed by atoms with van der Waals surface area (Å²) in [4.78, 5) is 27.4. The fourth-order valence-electron chi connectivity index (χ4n) is 3.71. The van der Waals surface area contributed by atoms with Crippen LogP contribution in [0.3, 0.4) is 0 Å². The lowest BCUT2D eigenvalue weighted by Gasteiger charge is -2.35. The van der Waals surface area contributed by atoms with Gasteiger partial charge in [-0.1, -0.05) is 44.2 Å². The Morgan fingerprint density at radius 1 is 1.25 bits per heavy atom. The summed E-state index contributed by atoms with van der Waals surface area (Å²) in [5.41, 5.74) is 0.857. The summed E-state index contributed by atoms with van der Waals surface area (Å²) in [5.74, 6) is -0.0808.